The molecule has 0 spiro atoms. The molecule has 14 aromatic rings. The van der Waals surface area contributed by atoms with Gasteiger partial charge in [0.25, 0.3) is 0 Å². The Morgan fingerprint density at radius 2 is 0.956 bits per heavy atom. The summed E-state index contributed by atoms with van der Waals surface area (Å²) in [4.78, 5) is 2.43. The van der Waals surface area contributed by atoms with Gasteiger partial charge in [0.1, 0.15) is 11.2 Å². The number of hydrogen-bond acceptors (Lipinski definition) is 3. The molecule has 0 atom stereocenters. The smallest absolute Gasteiger partial charge is 0.145 e. The van der Waals surface area contributed by atoms with Crippen LogP contribution in [0.4, 0.5) is 17.1 Å². The molecule has 3 nitrogen and oxygen atoms in total. The zero-order chi connectivity index (χ0) is 44.7. The van der Waals surface area contributed by atoms with Crippen molar-refractivity contribution < 1.29 is 4.42 Å². The second kappa shape index (κ2) is 15.5. The highest BCUT2D eigenvalue weighted by molar-refractivity contribution is 7.25. The summed E-state index contributed by atoms with van der Waals surface area (Å²) >= 11 is 1.85. The number of aromatic nitrogens is 1. The van der Waals surface area contributed by atoms with E-state index in [2.05, 4.69) is 252 Å². The third-order valence-electron chi connectivity index (χ3n) is 13.8. The van der Waals surface area contributed by atoms with Crippen LogP contribution in [0.2, 0.25) is 0 Å². The Kier molecular flexibility index (Phi) is 8.76. The summed E-state index contributed by atoms with van der Waals surface area (Å²) in [6.45, 7) is 0. The van der Waals surface area contributed by atoms with E-state index < -0.39 is 0 Å². The third-order valence-corrected chi connectivity index (χ3v) is 14.9. The lowest BCUT2D eigenvalue weighted by molar-refractivity contribution is 0.670. The van der Waals surface area contributed by atoms with Crippen LogP contribution in [-0.4, -0.2) is 4.57 Å². The standard InChI is InChI=1S/C64H40N2OS/c1-2-20-49-41(14-1)15-13-25-50(49)45-17-12-19-48(39-45)65(47-18-11-16-43(38-47)44-32-37-62-56(40-44)54-24-6-10-29-61(54)68-62)59-36-35-55-53-23-5-9-28-60(53)67-64(55)63(59)42-30-33-46(34-31-42)66-57-26-7-3-21-51(57)52-22-4-8-27-58(52)66/h1-40H. The Bertz CT molecular complexity index is 4230. The fourth-order valence-electron chi connectivity index (χ4n) is 10.7. The highest BCUT2D eigenvalue weighted by atomic mass is 32.1. The number of furan rings is 1. The zero-order valence-electron chi connectivity index (χ0n) is 36.8. The number of hydrogen-bond donors (Lipinski definition) is 0. The highest BCUT2D eigenvalue weighted by Gasteiger charge is 2.24. The fourth-order valence-corrected chi connectivity index (χ4v) is 11.8. The molecule has 0 aliphatic carbocycles. The molecule has 11 aromatic carbocycles. The van der Waals surface area contributed by atoms with E-state index in [9.17, 15) is 0 Å². The van der Waals surface area contributed by atoms with Crippen LogP contribution >= 0.6 is 11.3 Å². The molecule has 3 heterocycles. The molecule has 0 saturated heterocycles. The molecule has 0 fully saturated rings. The van der Waals surface area contributed by atoms with Crippen LogP contribution in [0.5, 0.6) is 0 Å². The van der Waals surface area contributed by atoms with Gasteiger partial charge >= 0.3 is 0 Å². The molecule has 0 amide bonds. The van der Waals surface area contributed by atoms with Gasteiger partial charge in [-0.05, 0) is 124 Å². The first-order valence-electron chi connectivity index (χ1n) is 23.2. The van der Waals surface area contributed by atoms with Gasteiger partial charge in [0.05, 0.1) is 16.7 Å². The lowest BCUT2D eigenvalue weighted by atomic mass is 9.96. The fraction of sp³-hybridized carbons (Fsp3) is 0. The largest absolute Gasteiger partial charge is 0.455 e. The van der Waals surface area contributed by atoms with E-state index in [4.69, 9.17) is 4.42 Å². The van der Waals surface area contributed by atoms with E-state index in [1.165, 1.54) is 63.9 Å². The van der Waals surface area contributed by atoms with Gasteiger partial charge in [-0.15, -0.1) is 11.3 Å². The Balaban J connectivity index is 1.00. The Morgan fingerprint density at radius 1 is 0.368 bits per heavy atom. The normalized spacial score (nSPS) is 11.8. The molecule has 4 heteroatoms. The molecular formula is C64H40N2OS. The second-order valence-corrected chi connectivity index (χ2v) is 18.7. The molecule has 0 radical (unpaired) electrons. The Hall–Kier alpha value is -8.70. The summed E-state index contributed by atoms with van der Waals surface area (Å²) in [5.74, 6) is 0. The highest BCUT2D eigenvalue weighted by Crippen LogP contribution is 2.48. The van der Waals surface area contributed by atoms with Crippen LogP contribution in [0.3, 0.4) is 0 Å². The molecule has 318 valence electrons. The minimum absolute atomic E-state index is 0.856. The van der Waals surface area contributed by atoms with Crippen molar-refractivity contribution in [1.82, 2.24) is 4.57 Å². The van der Waals surface area contributed by atoms with Gasteiger partial charge in [0.2, 0.25) is 0 Å². The van der Waals surface area contributed by atoms with Crippen molar-refractivity contribution in [3.8, 4) is 39.1 Å². The first kappa shape index (κ1) is 38.6. The van der Waals surface area contributed by atoms with Crippen molar-refractivity contribution >= 4 is 103 Å². The maximum atomic E-state index is 6.99. The molecule has 0 aliphatic heterocycles. The van der Waals surface area contributed by atoms with Gasteiger partial charge in [0.15, 0.2) is 0 Å². The predicted octanol–water partition coefficient (Wildman–Crippen LogP) is 18.7. The van der Waals surface area contributed by atoms with Crippen molar-refractivity contribution in [3.63, 3.8) is 0 Å². The average Bonchev–Trinajstić information content (AvgIpc) is 4.08. The number of benzene rings is 11. The Morgan fingerprint density at radius 3 is 1.75 bits per heavy atom. The van der Waals surface area contributed by atoms with Crippen LogP contribution in [0.15, 0.2) is 247 Å². The summed E-state index contributed by atoms with van der Waals surface area (Å²) in [6.07, 6.45) is 0. The maximum Gasteiger partial charge on any atom is 0.145 e. The van der Waals surface area contributed by atoms with Crippen molar-refractivity contribution in [1.29, 1.82) is 0 Å². The van der Waals surface area contributed by atoms with Crippen LogP contribution < -0.4 is 4.90 Å². The second-order valence-electron chi connectivity index (χ2n) is 17.6. The van der Waals surface area contributed by atoms with Gasteiger partial charge < -0.3 is 13.9 Å². The summed E-state index contributed by atoms with van der Waals surface area (Å²) < 4.78 is 12.0. The van der Waals surface area contributed by atoms with Crippen molar-refractivity contribution in [2.24, 2.45) is 0 Å². The molecule has 0 bridgehead atoms. The molecule has 0 saturated carbocycles. The summed E-state index contributed by atoms with van der Waals surface area (Å²) in [5.41, 5.74) is 15.1. The van der Waals surface area contributed by atoms with Gasteiger partial charge in [-0.2, -0.15) is 0 Å². The molecule has 68 heavy (non-hydrogen) atoms. The minimum Gasteiger partial charge on any atom is -0.455 e. The van der Waals surface area contributed by atoms with Crippen molar-refractivity contribution in [3.05, 3.63) is 243 Å². The number of thiophene rings is 1. The minimum atomic E-state index is 0.856. The van der Waals surface area contributed by atoms with E-state index in [-0.39, 0.29) is 0 Å². The average molecular weight is 885 g/mol. The number of fused-ring (bicyclic) bond motifs is 10. The number of anilines is 3. The summed E-state index contributed by atoms with van der Waals surface area (Å²) in [7, 11) is 0. The lowest BCUT2D eigenvalue weighted by Gasteiger charge is -2.29. The first-order chi connectivity index (χ1) is 33.7. The Labute approximate surface area is 396 Å². The van der Waals surface area contributed by atoms with Gasteiger partial charge in [-0.25, -0.2) is 0 Å². The maximum absolute atomic E-state index is 6.99. The summed E-state index contributed by atoms with van der Waals surface area (Å²) in [6, 6.07) is 88.3. The van der Waals surface area contributed by atoms with E-state index in [0.717, 1.165) is 66.9 Å². The van der Waals surface area contributed by atoms with Crippen molar-refractivity contribution in [2.75, 3.05) is 4.90 Å². The lowest BCUT2D eigenvalue weighted by Crippen LogP contribution is -2.11. The number of para-hydroxylation sites is 3. The number of rotatable bonds is 7. The van der Waals surface area contributed by atoms with Crippen LogP contribution in [0, 0.1) is 0 Å². The molecule has 0 unspecified atom stereocenters. The molecule has 0 N–H and O–H groups in total. The molecule has 14 rings (SSSR count). The number of nitrogens with zero attached hydrogens (tertiary/aromatic N) is 2. The van der Waals surface area contributed by atoms with Gasteiger partial charge in [0, 0.05) is 64.3 Å². The predicted molar refractivity (Wildman–Crippen MR) is 289 cm³/mol. The molecular weight excluding hydrogens is 845 g/mol. The third kappa shape index (κ3) is 6.12. The van der Waals surface area contributed by atoms with E-state index >= 15 is 0 Å². The zero-order valence-corrected chi connectivity index (χ0v) is 37.6. The van der Waals surface area contributed by atoms with Crippen LogP contribution in [0.25, 0.3) is 114 Å². The first-order valence-corrected chi connectivity index (χ1v) is 24.0. The SMILES string of the molecule is c1cc(-c2ccc3sc4ccccc4c3c2)cc(N(c2cccc(-c3cccc4ccccc34)c2)c2ccc3c(oc4ccccc43)c2-c2ccc(-n3c4ccccc4c4ccccc43)cc2)c1. The topological polar surface area (TPSA) is 21.3 Å². The van der Waals surface area contributed by atoms with Crippen molar-refractivity contribution in [2.45, 2.75) is 0 Å². The quantitative estimate of drug-likeness (QED) is 0.159. The van der Waals surface area contributed by atoms with Crippen LogP contribution in [0.1, 0.15) is 0 Å². The molecule has 3 aromatic heterocycles. The van der Waals surface area contributed by atoms with E-state index in [1.54, 1.807) is 0 Å². The van der Waals surface area contributed by atoms with Crippen LogP contribution in [-0.2, 0) is 0 Å². The van der Waals surface area contributed by atoms with E-state index in [1.807, 2.05) is 11.3 Å². The monoisotopic (exact) mass is 884 g/mol. The summed E-state index contributed by atoms with van der Waals surface area (Å²) in [5, 5.41) is 9.70. The van der Waals surface area contributed by atoms with Gasteiger partial charge in [-0.1, -0.05) is 158 Å². The van der Waals surface area contributed by atoms with E-state index in [0.29, 0.717) is 0 Å². The van der Waals surface area contributed by atoms with Gasteiger partial charge in [-0.3, -0.25) is 0 Å². The molecule has 0 aliphatic rings.